The Balaban J connectivity index is 2.08. The number of carbonyl (C=O) groups excluding carboxylic acids is 1. The van der Waals surface area contributed by atoms with Crippen molar-refractivity contribution in [2.45, 2.75) is 37.6 Å². The molecule has 0 radical (unpaired) electrons. The van der Waals surface area contributed by atoms with Gasteiger partial charge in [-0.05, 0) is 33.0 Å². The summed E-state index contributed by atoms with van der Waals surface area (Å²) in [6.45, 7) is 0.548. The number of amides is 1. The molecule has 0 spiro atoms. The van der Waals surface area contributed by atoms with Crippen molar-refractivity contribution in [2.75, 3.05) is 20.6 Å². The minimum absolute atomic E-state index is 0.0266. The summed E-state index contributed by atoms with van der Waals surface area (Å²) in [4.78, 5) is 24.7. The van der Waals surface area contributed by atoms with Gasteiger partial charge >= 0.3 is 0 Å². The molecule has 1 aromatic rings. The van der Waals surface area contributed by atoms with E-state index in [4.69, 9.17) is 11.6 Å². The average Bonchev–Trinajstić information content (AvgIpc) is 2.53. The normalized spacial score (nSPS) is 17.0. The number of rotatable bonds is 5. The molecular formula is C16H22ClN3O3. The third kappa shape index (κ3) is 4.00. The molecule has 1 saturated carbocycles. The lowest BCUT2D eigenvalue weighted by atomic mass is 9.80. The number of nitro groups is 1. The van der Waals surface area contributed by atoms with Crippen LogP contribution in [0.1, 0.15) is 42.5 Å². The van der Waals surface area contributed by atoms with E-state index < -0.39 is 4.92 Å². The van der Waals surface area contributed by atoms with Crippen LogP contribution >= 0.6 is 11.6 Å². The van der Waals surface area contributed by atoms with Crippen molar-refractivity contribution < 1.29 is 9.72 Å². The molecule has 1 amide bonds. The van der Waals surface area contributed by atoms with Crippen molar-refractivity contribution in [2.24, 2.45) is 0 Å². The van der Waals surface area contributed by atoms with E-state index in [1.807, 2.05) is 14.1 Å². The lowest BCUT2D eigenvalue weighted by Crippen LogP contribution is -2.53. The number of benzene rings is 1. The molecule has 0 atom stereocenters. The van der Waals surface area contributed by atoms with Crippen LogP contribution in [0.3, 0.4) is 0 Å². The summed E-state index contributed by atoms with van der Waals surface area (Å²) in [7, 11) is 4.08. The van der Waals surface area contributed by atoms with Crippen LogP contribution in [0.15, 0.2) is 18.2 Å². The lowest BCUT2D eigenvalue weighted by Gasteiger charge is -2.43. The zero-order valence-corrected chi connectivity index (χ0v) is 14.2. The Kier molecular flexibility index (Phi) is 5.59. The number of non-ortho nitro benzene ring substituents is 1. The third-order valence-electron chi connectivity index (χ3n) is 4.72. The Morgan fingerprint density at radius 1 is 1.35 bits per heavy atom. The van der Waals surface area contributed by atoms with E-state index in [0.717, 1.165) is 25.7 Å². The van der Waals surface area contributed by atoms with E-state index in [0.29, 0.717) is 6.54 Å². The first kappa shape index (κ1) is 17.7. The summed E-state index contributed by atoms with van der Waals surface area (Å²) in [5.74, 6) is -0.295. The van der Waals surface area contributed by atoms with Gasteiger partial charge in [0.1, 0.15) is 0 Å². The molecule has 0 aromatic heterocycles. The molecule has 0 heterocycles. The number of nitrogens with zero attached hydrogens (tertiary/aromatic N) is 2. The Bertz CT molecular complexity index is 598. The zero-order chi connectivity index (χ0) is 17.0. The molecule has 1 aliphatic carbocycles. The molecule has 1 fully saturated rings. The fourth-order valence-corrected chi connectivity index (χ4v) is 3.39. The highest BCUT2D eigenvalue weighted by Gasteiger charge is 2.34. The standard InChI is InChI=1S/C16H22ClN3O3/c1-19(2)16(8-4-3-5-9-16)11-18-15(21)13-7-6-12(20(22)23)10-14(13)17/h6-7,10H,3-5,8-9,11H2,1-2H3,(H,18,21). The summed E-state index contributed by atoms with van der Waals surface area (Å²) in [6, 6.07) is 3.90. The van der Waals surface area contributed by atoms with Gasteiger partial charge in [0, 0.05) is 24.2 Å². The molecule has 1 aliphatic rings. The molecule has 1 N–H and O–H groups in total. The first-order valence-electron chi connectivity index (χ1n) is 7.75. The molecule has 0 bridgehead atoms. The number of likely N-dealkylation sites (N-methyl/N-ethyl adjacent to an activating group) is 1. The van der Waals surface area contributed by atoms with Gasteiger partial charge in [-0.25, -0.2) is 0 Å². The van der Waals surface area contributed by atoms with E-state index in [2.05, 4.69) is 10.2 Å². The third-order valence-corrected chi connectivity index (χ3v) is 5.03. The maximum Gasteiger partial charge on any atom is 0.270 e. The van der Waals surface area contributed by atoms with E-state index in [1.165, 1.54) is 24.6 Å². The van der Waals surface area contributed by atoms with E-state index in [-0.39, 0.29) is 27.7 Å². The molecular weight excluding hydrogens is 318 g/mol. The Morgan fingerprint density at radius 2 is 2.00 bits per heavy atom. The fourth-order valence-electron chi connectivity index (χ4n) is 3.13. The Labute approximate surface area is 141 Å². The van der Waals surface area contributed by atoms with Gasteiger partial charge in [0.25, 0.3) is 11.6 Å². The van der Waals surface area contributed by atoms with Crippen LogP contribution in [-0.4, -0.2) is 41.9 Å². The van der Waals surface area contributed by atoms with Gasteiger partial charge < -0.3 is 10.2 Å². The quantitative estimate of drug-likeness (QED) is 0.660. The highest BCUT2D eigenvalue weighted by atomic mass is 35.5. The monoisotopic (exact) mass is 339 g/mol. The molecule has 2 rings (SSSR count). The van der Waals surface area contributed by atoms with E-state index >= 15 is 0 Å². The predicted octanol–water partition coefficient (Wildman–Crippen LogP) is 3.24. The maximum absolute atomic E-state index is 12.4. The molecule has 6 nitrogen and oxygen atoms in total. The molecule has 0 aliphatic heterocycles. The van der Waals surface area contributed by atoms with Crippen molar-refractivity contribution in [3.05, 3.63) is 38.9 Å². The first-order chi connectivity index (χ1) is 10.9. The SMILES string of the molecule is CN(C)C1(CNC(=O)c2ccc([N+](=O)[O-])cc2Cl)CCCCC1. The van der Waals surface area contributed by atoms with Crippen molar-refractivity contribution in [3.8, 4) is 0 Å². The van der Waals surface area contributed by atoms with Gasteiger partial charge in [-0.1, -0.05) is 30.9 Å². The number of hydrogen-bond donors (Lipinski definition) is 1. The highest BCUT2D eigenvalue weighted by molar-refractivity contribution is 6.34. The second-order valence-electron chi connectivity index (χ2n) is 6.28. The van der Waals surface area contributed by atoms with Crippen LogP contribution in [-0.2, 0) is 0 Å². The van der Waals surface area contributed by atoms with Gasteiger partial charge in [0.2, 0.25) is 0 Å². The smallest absolute Gasteiger partial charge is 0.270 e. The van der Waals surface area contributed by atoms with E-state index in [1.54, 1.807) is 0 Å². The lowest BCUT2D eigenvalue weighted by molar-refractivity contribution is -0.384. The Morgan fingerprint density at radius 3 is 2.52 bits per heavy atom. The van der Waals surface area contributed by atoms with Crippen LogP contribution in [0.4, 0.5) is 5.69 Å². The topological polar surface area (TPSA) is 75.5 Å². The number of nitrogens with one attached hydrogen (secondary N) is 1. The van der Waals surface area contributed by atoms with Crippen LogP contribution < -0.4 is 5.32 Å². The fraction of sp³-hybridized carbons (Fsp3) is 0.562. The summed E-state index contributed by atoms with van der Waals surface area (Å²) in [5, 5.41) is 13.8. The maximum atomic E-state index is 12.4. The highest BCUT2D eigenvalue weighted by Crippen LogP contribution is 2.32. The van der Waals surface area contributed by atoms with Crippen LogP contribution in [0.25, 0.3) is 0 Å². The van der Waals surface area contributed by atoms with Crippen LogP contribution in [0.5, 0.6) is 0 Å². The second kappa shape index (κ2) is 7.27. The molecule has 126 valence electrons. The summed E-state index contributed by atoms with van der Waals surface area (Å²) >= 11 is 6.01. The van der Waals surface area contributed by atoms with Gasteiger partial charge in [-0.2, -0.15) is 0 Å². The van der Waals surface area contributed by atoms with Crippen molar-refractivity contribution >= 4 is 23.2 Å². The van der Waals surface area contributed by atoms with Crippen LogP contribution in [0.2, 0.25) is 5.02 Å². The summed E-state index contributed by atoms with van der Waals surface area (Å²) in [5.41, 5.74) is 0.117. The average molecular weight is 340 g/mol. The molecule has 0 unspecified atom stereocenters. The number of nitro benzene ring substituents is 1. The number of halogens is 1. The summed E-state index contributed by atoms with van der Waals surface area (Å²) < 4.78 is 0. The van der Waals surface area contributed by atoms with Crippen molar-refractivity contribution in [1.82, 2.24) is 10.2 Å². The second-order valence-corrected chi connectivity index (χ2v) is 6.69. The molecule has 0 saturated heterocycles. The Hall–Kier alpha value is -1.66. The van der Waals surface area contributed by atoms with Crippen molar-refractivity contribution in [1.29, 1.82) is 0 Å². The molecule has 23 heavy (non-hydrogen) atoms. The minimum atomic E-state index is -0.531. The van der Waals surface area contributed by atoms with E-state index in [9.17, 15) is 14.9 Å². The zero-order valence-electron chi connectivity index (χ0n) is 13.5. The predicted molar refractivity (Wildman–Crippen MR) is 89.9 cm³/mol. The summed E-state index contributed by atoms with van der Waals surface area (Å²) in [6.07, 6.45) is 5.65. The largest absolute Gasteiger partial charge is 0.350 e. The number of hydrogen-bond acceptors (Lipinski definition) is 4. The first-order valence-corrected chi connectivity index (χ1v) is 8.13. The van der Waals surface area contributed by atoms with Crippen molar-refractivity contribution in [3.63, 3.8) is 0 Å². The molecule has 1 aromatic carbocycles. The van der Waals surface area contributed by atoms with Crippen LogP contribution in [0, 0.1) is 10.1 Å². The van der Waals surface area contributed by atoms with Gasteiger partial charge in [-0.15, -0.1) is 0 Å². The number of carbonyl (C=O) groups is 1. The van der Waals surface area contributed by atoms with Gasteiger partial charge in [-0.3, -0.25) is 14.9 Å². The minimum Gasteiger partial charge on any atom is -0.350 e. The van der Waals surface area contributed by atoms with Gasteiger partial charge in [0.05, 0.1) is 15.5 Å². The van der Waals surface area contributed by atoms with Gasteiger partial charge in [0.15, 0.2) is 0 Å². The molecule has 7 heteroatoms.